The lowest BCUT2D eigenvalue weighted by Gasteiger charge is -2.11. The van der Waals surface area contributed by atoms with Crippen LogP contribution in [0, 0.1) is 6.92 Å². The molecule has 0 aliphatic heterocycles. The molecule has 1 amide bonds. The van der Waals surface area contributed by atoms with Gasteiger partial charge < -0.3 is 15.2 Å². The van der Waals surface area contributed by atoms with E-state index in [1.807, 2.05) is 30.5 Å². The van der Waals surface area contributed by atoms with Crippen LogP contribution in [0.2, 0.25) is 5.02 Å². The average molecular weight is 389 g/mol. The number of phenolic OH excluding ortho intramolecular Hbond substituents is 1. The molecule has 0 spiro atoms. The topological polar surface area (TPSA) is 71.5 Å². The highest BCUT2D eigenvalue weighted by molar-refractivity contribution is 7.09. The number of aryl methyl sites for hydroxylation is 1. The maximum absolute atomic E-state index is 12.6. The Morgan fingerprint density at radius 1 is 1.35 bits per heavy atom. The lowest BCUT2D eigenvalue weighted by Crippen LogP contribution is -2.12. The van der Waals surface area contributed by atoms with E-state index < -0.39 is 0 Å². The molecule has 0 saturated carbocycles. The monoisotopic (exact) mass is 388 g/mol. The summed E-state index contributed by atoms with van der Waals surface area (Å²) in [6, 6.07) is 10.3. The number of nitrogens with zero attached hydrogens (tertiary/aromatic N) is 1. The second kappa shape index (κ2) is 7.76. The molecule has 0 atom stereocenters. The van der Waals surface area contributed by atoms with E-state index >= 15 is 0 Å². The van der Waals surface area contributed by atoms with E-state index in [0.29, 0.717) is 17.9 Å². The molecular formula is C19H17ClN2O3S. The van der Waals surface area contributed by atoms with Crippen LogP contribution in [0.15, 0.2) is 41.8 Å². The molecule has 0 aliphatic carbocycles. The van der Waals surface area contributed by atoms with Crippen molar-refractivity contribution in [1.82, 2.24) is 4.98 Å². The Bertz CT molecular complexity index is 956. The fourth-order valence-corrected chi connectivity index (χ4v) is 3.26. The minimum absolute atomic E-state index is 0.0628. The SMILES string of the molecule is CCOc1cc(C(=O)Nc2cccc(-c3csc(C)n3)c2)cc(Cl)c1O. The van der Waals surface area contributed by atoms with Gasteiger partial charge in [0.2, 0.25) is 0 Å². The van der Waals surface area contributed by atoms with Gasteiger partial charge in [-0.1, -0.05) is 23.7 Å². The number of aromatic nitrogens is 1. The molecule has 0 aliphatic rings. The summed E-state index contributed by atoms with van der Waals surface area (Å²) in [6.45, 7) is 4.08. The second-order valence-electron chi connectivity index (χ2n) is 5.52. The third kappa shape index (κ3) is 3.98. The number of hydrogen-bond acceptors (Lipinski definition) is 5. The van der Waals surface area contributed by atoms with Crippen LogP contribution in [-0.4, -0.2) is 22.6 Å². The van der Waals surface area contributed by atoms with Gasteiger partial charge in [0.05, 0.1) is 22.3 Å². The number of hydrogen-bond donors (Lipinski definition) is 2. The Balaban J connectivity index is 1.84. The molecule has 0 radical (unpaired) electrons. The fraction of sp³-hybridized carbons (Fsp3) is 0.158. The summed E-state index contributed by atoms with van der Waals surface area (Å²) in [7, 11) is 0. The first kappa shape index (κ1) is 18.2. The molecule has 3 aromatic rings. The number of carbonyl (C=O) groups excluding carboxylic acids is 1. The predicted molar refractivity (Wildman–Crippen MR) is 105 cm³/mol. The lowest BCUT2D eigenvalue weighted by atomic mass is 10.1. The van der Waals surface area contributed by atoms with Crippen LogP contribution >= 0.6 is 22.9 Å². The minimum atomic E-state index is -0.348. The van der Waals surface area contributed by atoms with Gasteiger partial charge in [-0.15, -0.1) is 11.3 Å². The molecule has 7 heteroatoms. The molecule has 0 saturated heterocycles. The maximum atomic E-state index is 12.6. The van der Waals surface area contributed by atoms with Crippen molar-refractivity contribution in [3.8, 4) is 22.8 Å². The number of ether oxygens (including phenoxy) is 1. The first-order valence-electron chi connectivity index (χ1n) is 7.97. The zero-order valence-electron chi connectivity index (χ0n) is 14.2. The number of rotatable bonds is 5. The quantitative estimate of drug-likeness (QED) is 0.635. The van der Waals surface area contributed by atoms with Crippen LogP contribution in [-0.2, 0) is 0 Å². The summed E-state index contributed by atoms with van der Waals surface area (Å²) >= 11 is 7.57. The van der Waals surface area contributed by atoms with E-state index in [9.17, 15) is 9.90 Å². The van der Waals surface area contributed by atoms with Crippen molar-refractivity contribution in [2.75, 3.05) is 11.9 Å². The van der Waals surface area contributed by atoms with Crippen LogP contribution in [0.4, 0.5) is 5.69 Å². The molecule has 1 heterocycles. The third-order valence-corrected chi connectivity index (χ3v) is 4.69. The molecule has 134 valence electrons. The van der Waals surface area contributed by atoms with Gasteiger partial charge in [0, 0.05) is 22.2 Å². The number of halogens is 1. The molecule has 2 N–H and O–H groups in total. The Hall–Kier alpha value is -2.57. The number of aromatic hydroxyl groups is 1. The average Bonchev–Trinajstić information content (AvgIpc) is 3.05. The van der Waals surface area contributed by atoms with Gasteiger partial charge in [0.1, 0.15) is 0 Å². The van der Waals surface area contributed by atoms with Gasteiger partial charge in [-0.2, -0.15) is 0 Å². The lowest BCUT2D eigenvalue weighted by molar-refractivity contribution is 0.102. The Morgan fingerprint density at radius 3 is 2.85 bits per heavy atom. The summed E-state index contributed by atoms with van der Waals surface area (Å²) in [4.78, 5) is 17.0. The number of amides is 1. The number of thiazole rings is 1. The molecule has 5 nitrogen and oxygen atoms in total. The van der Waals surface area contributed by atoms with Gasteiger partial charge >= 0.3 is 0 Å². The number of anilines is 1. The Morgan fingerprint density at radius 2 is 2.15 bits per heavy atom. The second-order valence-corrected chi connectivity index (χ2v) is 6.99. The molecule has 1 aromatic heterocycles. The molecular weight excluding hydrogens is 372 g/mol. The van der Waals surface area contributed by atoms with Crippen molar-refractivity contribution >= 4 is 34.5 Å². The van der Waals surface area contributed by atoms with Gasteiger partial charge in [-0.25, -0.2) is 4.98 Å². The number of benzene rings is 2. The zero-order valence-corrected chi connectivity index (χ0v) is 15.8. The van der Waals surface area contributed by atoms with E-state index in [-0.39, 0.29) is 22.4 Å². The Kier molecular flexibility index (Phi) is 5.44. The molecule has 26 heavy (non-hydrogen) atoms. The van der Waals surface area contributed by atoms with Gasteiger partial charge in [0.25, 0.3) is 5.91 Å². The van der Waals surface area contributed by atoms with Crippen molar-refractivity contribution in [3.05, 3.63) is 57.4 Å². The van der Waals surface area contributed by atoms with Gasteiger partial charge in [-0.3, -0.25) is 4.79 Å². The molecule has 3 rings (SSSR count). The van der Waals surface area contributed by atoms with Crippen LogP contribution < -0.4 is 10.1 Å². The third-order valence-electron chi connectivity index (χ3n) is 3.63. The Labute approximate surface area is 160 Å². The highest BCUT2D eigenvalue weighted by Crippen LogP contribution is 2.35. The van der Waals surface area contributed by atoms with Crippen molar-refractivity contribution in [1.29, 1.82) is 0 Å². The summed E-state index contributed by atoms with van der Waals surface area (Å²) in [5, 5.41) is 15.7. The molecule has 0 fully saturated rings. The normalized spacial score (nSPS) is 10.6. The van der Waals surface area contributed by atoms with E-state index in [1.54, 1.807) is 24.3 Å². The smallest absolute Gasteiger partial charge is 0.255 e. The van der Waals surface area contributed by atoms with E-state index in [0.717, 1.165) is 16.3 Å². The molecule has 2 aromatic carbocycles. The minimum Gasteiger partial charge on any atom is -0.503 e. The van der Waals surface area contributed by atoms with Crippen LogP contribution in [0.1, 0.15) is 22.3 Å². The van der Waals surface area contributed by atoms with Crippen LogP contribution in [0.25, 0.3) is 11.3 Å². The highest BCUT2D eigenvalue weighted by Gasteiger charge is 2.15. The number of carbonyl (C=O) groups is 1. The highest BCUT2D eigenvalue weighted by atomic mass is 35.5. The van der Waals surface area contributed by atoms with E-state index in [2.05, 4.69) is 10.3 Å². The first-order chi connectivity index (χ1) is 12.5. The number of phenols is 1. The van der Waals surface area contributed by atoms with Crippen LogP contribution in [0.3, 0.4) is 0 Å². The fourth-order valence-electron chi connectivity index (χ4n) is 2.43. The zero-order chi connectivity index (χ0) is 18.7. The van der Waals surface area contributed by atoms with Crippen molar-refractivity contribution in [3.63, 3.8) is 0 Å². The summed E-state index contributed by atoms with van der Waals surface area (Å²) in [6.07, 6.45) is 0. The maximum Gasteiger partial charge on any atom is 0.255 e. The van der Waals surface area contributed by atoms with E-state index in [1.165, 1.54) is 12.1 Å². The van der Waals surface area contributed by atoms with E-state index in [4.69, 9.17) is 16.3 Å². The first-order valence-corrected chi connectivity index (χ1v) is 9.23. The largest absolute Gasteiger partial charge is 0.503 e. The summed E-state index contributed by atoms with van der Waals surface area (Å²) in [5.74, 6) is -0.345. The molecule has 0 unspecified atom stereocenters. The van der Waals surface area contributed by atoms with Crippen molar-refractivity contribution in [2.24, 2.45) is 0 Å². The summed E-state index contributed by atoms with van der Waals surface area (Å²) < 4.78 is 5.32. The van der Waals surface area contributed by atoms with Gasteiger partial charge in [-0.05, 0) is 38.1 Å². The molecule has 0 bridgehead atoms. The number of nitrogens with one attached hydrogen (secondary N) is 1. The summed E-state index contributed by atoms with van der Waals surface area (Å²) in [5.41, 5.74) is 2.73. The van der Waals surface area contributed by atoms with Crippen LogP contribution in [0.5, 0.6) is 11.5 Å². The van der Waals surface area contributed by atoms with Gasteiger partial charge in [0.15, 0.2) is 11.5 Å². The van der Waals surface area contributed by atoms with Crippen molar-refractivity contribution in [2.45, 2.75) is 13.8 Å². The standard InChI is InChI=1S/C19H17ClN2O3S/c1-3-25-17-9-13(8-15(20)18(17)23)19(24)22-14-6-4-5-12(7-14)16-10-26-11(2)21-16/h4-10,23H,3H2,1-2H3,(H,22,24). The van der Waals surface area contributed by atoms with Crippen molar-refractivity contribution < 1.29 is 14.6 Å². The predicted octanol–water partition coefficient (Wildman–Crippen LogP) is 5.13.